The standard InChI is InChI=1S/C16H23N3O3/c20-16(21)15(12-4-2-1-3-5-12)19-9-8-17-11-13(19)10-14-6-7-18-22-14/h1-5,13-15,17-18H,6-11H2,(H,20,21). The van der Waals surface area contributed by atoms with Crippen LogP contribution in [-0.2, 0) is 9.63 Å². The molecule has 0 spiro atoms. The highest BCUT2D eigenvalue weighted by atomic mass is 16.7. The van der Waals surface area contributed by atoms with Crippen molar-refractivity contribution in [1.82, 2.24) is 15.7 Å². The van der Waals surface area contributed by atoms with Crippen molar-refractivity contribution in [2.24, 2.45) is 0 Å². The first-order valence-electron chi connectivity index (χ1n) is 7.88. The van der Waals surface area contributed by atoms with Crippen LogP contribution in [0.4, 0.5) is 0 Å². The topological polar surface area (TPSA) is 73.8 Å². The molecule has 2 aliphatic rings. The number of piperazine rings is 1. The van der Waals surface area contributed by atoms with Gasteiger partial charge in [-0.05, 0) is 18.4 Å². The number of benzene rings is 1. The van der Waals surface area contributed by atoms with Crippen LogP contribution in [0.25, 0.3) is 0 Å². The second kappa shape index (κ2) is 7.19. The number of hydrogen-bond acceptors (Lipinski definition) is 5. The maximum Gasteiger partial charge on any atom is 0.325 e. The molecule has 3 N–H and O–H groups in total. The van der Waals surface area contributed by atoms with Crippen molar-refractivity contribution in [2.75, 3.05) is 26.2 Å². The summed E-state index contributed by atoms with van der Waals surface area (Å²) in [5, 5.41) is 13.1. The van der Waals surface area contributed by atoms with Crippen LogP contribution in [0.5, 0.6) is 0 Å². The van der Waals surface area contributed by atoms with Crippen molar-refractivity contribution in [1.29, 1.82) is 0 Å². The van der Waals surface area contributed by atoms with Gasteiger partial charge >= 0.3 is 5.97 Å². The molecule has 1 aromatic rings. The van der Waals surface area contributed by atoms with E-state index in [1.54, 1.807) is 0 Å². The molecule has 1 aromatic carbocycles. The molecule has 22 heavy (non-hydrogen) atoms. The Morgan fingerprint density at radius 3 is 2.86 bits per heavy atom. The highest BCUT2D eigenvalue weighted by Crippen LogP contribution is 2.27. The molecule has 2 aliphatic heterocycles. The fraction of sp³-hybridized carbons (Fsp3) is 0.562. The summed E-state index contributed by atoms with van der Waals surface area (Å²) < 4.78 is 0. The molecular formula is C16H23N3O3. The molecule has 2 heterocycles. The van der Waals surface area contributed by atoms with E-state index in [-0.39, 0.29) is 12.1 Å². The fourth-order valence-electron chi connectivity index (χ4n) is 3.37. The number of nitrogens with zero attached hydrogens (tertiary/aromatic N) is 1. The van der Waals surface area contributed by atoms with Crippen LogP contribution < -0.4 is 10.8 Å². The lowest BCUT2D eigenvalue weighted by molar-refractivity contribution is -0.145. The van der Waals surface area contributed by atoms with E-state index in [1.165, 1.54) is 0 Å². The normalized spacial score (nSPS) is 27.6. The summed E-state index contributed by atoms with van der Waals surface area (Å²) in [5.41, 5.74) is 3.75. The molecule has 0 bridgehead atoms. The molecule has 0 radical (unpaired) electrons. The fourth-order valence-corrected chi connectivity index (χ4v) is 3.37. The van der Waals surface area contributed by atoms with Crippen molar-refractivity contribution in [2.45, 2.75) is 31.0 Å². The van der Waals surface area contributed by atoms with Crippen LogP contribution in [0, 0.1) is 0 Å². The predicted molar refractivity (Wildman–Crippen MR) is 82.3 cm³/mol. The summed E-state index contributed by atoms with van der Waals surface area (Å²) >= 11 is 0. The molecule has 3 unspecified atom stereocenters. The predicted octanol–water partition coefficient (Wildman–Crippen LogP) is 0.770. The zero-order chi connectivity index (χ0) is 15.4. The largest absolute Gasteiger partial charge is 0.480 e. The van der Waals surface area contributed by atoms with Crippen LogP contribution >= 0.6 is 0 Å². The number of carboxylic acids is 1. The van der Waals surface area contributed by atoms with Gasteiger partial charge in [-0.2, -0.15) is 0 Å². The van der Waals surface area contributed by atoms with E-state index in [1.807, 2.05) is 30.3 Å². The number of hydrogen-bond donors (Lipinski definition) is 3. The Kier molecular flexibility index (Phi) is 5.04. The van der Waals surface area contributed by atoms with Crippen molar-refractivity contribution in [3.63, 3.8) is 0 Å². The molecule has 0 aromatic heterocycles. The van der Waals surface area contributed by atoms with Gasteiger partial charge in [0.1, 0.15) is 6.04 Å². The van der Waals surface area contributed by atoms with E-state index in [0.717, 1.165) is 44.6 Å². The minimum absolute atomic E-state index is 0.164. The zero-order valence-corrected chi connectivity index (χ0v) is 12.6. The van der Waals surface area contributed by atoms with Gasteiger partial charge < -0.3 is 10.4 Å². The van der Waals surface area contributed by atoms with Crippen molar-refractivity contribution in [3.8, 4) is 0 Å². The molecule has 6 heteroatoms. The molecule has 0 saturated carbocycles. The molecule has 120 valence electrons. The van der Waals surface area contributed by atoms with E-state index in [9.17, 15) is 9.90 Å². The van der Waals surface area contributed by atoms with Gasteiger partial charge in [0.15, 0.2) is 0 Å². The average molecular weight is 305 g/mol. The van der Waals surface area contributed by atoms with Gasteiger partial charge in [-0.1, -0.05) is 30.3 Å². The minimum Gasteiger partial charge on any atom is -0.480 e. The highest BCUT2D eigenvalue weighted by molar-refractivity contribution is 5.75. The third kappa shape index (κ3) is 3.47. The van der Waals surface area contributed by atoms with E-state index in [2.05, 4.69) is 15.7 Å². The Bertz CT molecular complexity index is 491. The van der Waals surface area contributed by atoms with E-state index >= 15 is 0 Å². The van der Waals surface area contributed by atoms with Gasteiger partial charge in [-0.25, -0.2) is 5.48 Å². The van der Waals surface area contributed by atoms with Crippen LogP contribution in [0.1, 0.15) is 24.4 Å². The van der Waals surface area contributed by atoms with Gasteiger partial charge in [-0.15, -0.1) is 0 Å². The van der Waals surface area contributed by atoms with Gasteiger partial charge in [0.05, 0.1) is 6.10 Å². The quantitative estimate of drug-likeness (QED) is 0.746. The molecule has 2 saturated heterocycles. The Balaban J connectivity index is 1.78. The lowest BCUT2D eigenvalue weighted by atomic mass is 9.98. The molecule has 3 rings (SSSR count). The Hall–Kier alpha value is -1.47. The van der Waals surface area contributed by atoms with Crippen molar-refractivity contribution in [3.05, 3.63) is 35.9 Å². The number of aliphatic carboxylic acids is 1. The first-order valence-corrected chi connectivity index (χ1v) is 7.88. The second-order valence-corrected chi connectivity index (χ2v) is 5.91. The number of carbonyl (C=O) groups is 1. The molecule has 0 amide bonds. The maximum atomic E-state index is 11.9. The summed E-state index contributed by atoms with van der Waals surface area (Å²) in [5.74, 6) is -0.788. The lowest BCUT2D eigenvalue weighted by Crippen LogP contribution is -2.54. The van der Waals surface area contributed by atoms with Gasteiger partial charge in [0, 0.05) is 32.2 Å². The maximum absolute atomic E-state index is 11.9. The van der Waals surface area contributed by atoms with E-state index in [0.29, 0.717) is 0 Å². The van der Waals surface area contributed by atoms with Gasteiger partial charge in [-0.3, -0.25) is 14.5 Å². The Morgan fingerprint density at radius 2 is 2.18 bits per heavy atom. The lowest BCUT2D eigenvalue weighted by Gasteiger charge is -2.40. The van der Waals surface area contributed by atoms with E-state index < -0.39 is 12.0 Å². The summed E-state index contributed by atoms with van der Waals surface area (Å²) in [7, 11) is 0. The van der Waals surface area contributed by atoms with Gasteiger partial charge in [0.25, 0.3) is 0 Å². The number of hydroxylamine groups is 1. The summed E-state index contributed by atoms with van der Waals surface area (Å²) in [4.78, 5) is 19.5. The first kappa shape index (κ1) is 15.4. The molecule has 6 nitrogen and oxygen atoms in total. The second-order valence-electron chi connectivity index (χ2n) is 5.91. The third-order valence-corrected chi connectivity index (χ3v) is 4.43. The number of nitrogens with one attached hydrogen (secondary N) is 2. The third-order valence-electron chi connectivity index (χ3n) is 4.43. The first-order chi connectivity index (χ1) is 10.8. The zero-order valence-electron chi connectivity index (χ0n) is 12.6. The van der Waals surface area contributed by atoms with Crippen LogP contribution in [0.3, 0.4) is 0 Å². The van der Waals surface area contributed by atoms with Crippen molar-refractivity contribution >= 4 is 5.97 Å². The highest BCUT2D eigenvalue weighted by Gasteiger charge is 2.36. The Morgan fingerprint density at radius 1 is 1.36 bits per heavy atom. The molecule has 0 aliphatic carbocycles. The smallest absolute Gasteiger partial charge is 0.325 e. The van der Waals surface area contributed by atoms with Crippen LogP contribution in [0.15, 0.2) is 30.3 Å². The van der Waals surface area contributed by atoms with Gasteiger partial charge in [0.2, 0.25) is 0 Å². The summed E-state index contributed by atoms with van der Waals surface area (Å²) in [6.07, 6.45) is 1.99. The molecular weight excluding hydrogens is 282 g/mol. The Labute approximate surface area is 130 Å². The number of carboxylic acid groups (broad SMARTS) is 1. The van der Waals surface area contributed by atoms with Crippen LogP contribution in [-0.4, -0.2) is 54.3 Å². The summed E-state index contributed by atoms with van der Waals surface area (Å²) in [6, 6.07) is 9.06. The summed E-state index contributed by atoms with van der Waals surface area (Å²) in [6.45, 7) is 3.22. The minimum atomic E-state index is -0.788. The molecule has 3 atom stereocenters. The SMILES string of the molecule is O=C(O)C(c1ccccc1)N1CCNCC1CC1CCNO1. The van der Waals surface area contributed by atoms with Crippen molar-refractivity contribution < 1.29 is 14.7 Å². The molecule has 2 fully saturated rings. The number of rotatable bonds is 5. The monoisotopic (exact) mass is 305 g/mol. The van der Waals surface area contributed by atoms with Crippen LogP contribution in [0.2, 0.25) is 0 Å². The average Bonchev–Trinajstić information content (AvgIpc) is 3.03. The van der Waals surface area contributed by atoms with E-state index in [4.69, 9.17) is 4.84 Å².